The number of nitrogens with one attached hydrogen (secondary N) is 1. The van der Waals surface area contributed by atoms with Gasteiger partial charge in [0.25, 0.3) is 5.91 Å². The molecule has 102 valence electrons. The number of hydrazine groups is 1. The highest BCUT2D eigenvalue weighted by Crippen LogP contribution is 2.19. The van der Waals surface area contributed by atoms with Crippen molar-refractivity contribution in [1.82, 2.24) is 5.43 Å². The molecule has 0 spiro atoms. The van der Waals surface area contributed by atoms with Crippen LogP contribution in [0.15, 0.2) is 36.4 Å². The van der Waals surface area contributed by atoms with Crippen molar-refractivity contribution in [2.45, 2.75) is 39.0 Å². The molecule has 0 aliphatic carbocycles. The minimum Gasteiger partial charge on any atom is -0.281 e. The highest BCUT2D eigenvalue weighted by molar-refractivity contribution is 5.97. The summed E-state index contributed by atoms with van der Waals surface area (Å²) in [6.07, 6.45) is 6.29. The normalized spacial score (nSPS) is 14.9. The molecule has 1 aliphatic heterocycles. The van der Waals surface area contributed by atoms with Crippen LogP contribution in [0.25, 0.3) is 0 Å². The van der Waals surface area contributed by atoms with Crippen LogP contribution in [-0.4, -0.2) is 12.5 Å². The molecule has 1 aliphatic rings. The molecule has 1 aromatic rings. The summed E-state index contributed by atoms with van der Waals surface area (Å²) >= 11 is 0. The summed E-state index contributed by atoms with van der Waals surface area (Å²) in [6.45, 7) is 6.53. The number of anilines is 1. The summed E-state index contributed by atoms with van der Waals surface area (Å²) in [5, 5.41) is 1.84. The monoisotopic (exact) mass is 258 g/mol. The van der Waals surface area contributed by atoms with Gasteiger partial charge in [-0.05, 0) is 30.5 Å². The van der Waals surface area contributed by atoms with Crippen molar-refractivity contribution < 1.29 is 4.79 Å². The van der Waals surface area contributed by atoms with Gasteiger partial charge in [0, 0.05) is 5.57 Å². The molecule has 0 unspecified atom stereocenters. The summed E-state index contributed by atoms with van der Waals surface area (Å²) in [4.78, 5) is 11.4. The van der Waals surface area contributed by atoms with Gasteiger partial charge >= 0.3 is 0 Å². The van der Waals surface area contributed by atoms with E-state index in [2.05, 4.69) is 43.2 Å². The first kappa shape index (κ1) is 13.7. The standard InChI is InChI=1S/C16H22N2O/c1-3-4-5-6-7-14-8-10-15(11-9-14)18-12-13(2)16(19)17-18/h8-11H,2-7,12H2,1H3,(H,17,19). The first-order chi connectivity index (χ1) is 9.20. The largest absolute Gasteiger partial charge is 0.281 e. The second kappa shape index (κ2) is 6.41. The number of hydrogen-bond donors (Lipinski definition) is 1. The zero-order chi connectivity index (χ0) is 13.7. The van der Waals surface area contributed by atoms with Crippen LogP contribution in [0.2, 0.25) is 0 Å². The predicted molar refractivity (Wildman–Crippen MR) is 78.9 cm³/mol. The highest BCUT2D eigenvalue weighted by Gasteiger charge is 2.22. The Balaban J connectivity index is 1.88. The van der Waals surface area contributed by atoms with E-state index < -0.39 is 0 Å². The molecular weight excluding hydrogens is 236 g/mol. The fraction of sp³-hybridized carbons (Fsp3) is 0.438. The van der Waals surface area contributed by atoms with Gasteiger partial charge in [0.05, 0.1) is 12.2 Å². The minimum atomic E-state index is -0.0800. The number of aryl methyl sites for hydroxylation is 1. The Morgan fingerprint density at radius 3 is 2.53 bits per heavy atom. The van der Waals surface area contributed by atoms with Gasteiger partial charge in [-0.1, -0.05) is 44.9 Å². The third-order valence-corrected chi connectivity index (χ3v) is 3.47. The number of carbonyl (C=O) groups excluding carboxylic acids is 1. The second-order valence-corrected chi connectivity index (χ2v) is 5.11. The summed E-state index contributed by atoms with van der Waals surface area (Å²) in [5.74, 6) is -0.0800. The number of unbranched alkanes of at least 4 members (excludes halogenated alkanes) is 3. The van der Waals surface area contributed by atoms with E-state index in [0.717, 1.165) is 12.1 Å². The number of hydrogen-bond acceptors (Lipinski definition) is 2. The third kappa shape index (κ3) is 3.60. The fourth-order valence-electron chi connectivity index (χ4n) is 2.26. The van der Waals surface area contributed by atoms with Crippen molar-refractivity contribution in [3.63, 3.8) is 0 Å². The van der Waals surface area contributed by atoms with Gasteiger partial charge in [0.2, 0.25) is 0 Å². The van der Waals surface area contributed by atoms with Crippen LogP contribution < -0.4 is 10.4 Å². The van der Waals surface area contributed by atoms with Crippen molar-refractivity contribution in [3.05, 3.63) is 42.0 Å². The quantitative estimate of drug-likeness (QED) is 0.627. The first-order valence-corrected chi connectivity index (χ1v) is 7.06. The Morgan fingerprint density at radius 2 is 1.95 bits per heavy atom. The van der Waals surface area contributed by atoms with Crippen LogP contribution >= 0.6 is 0 Å². The summed E-state index contributed by atoms with van der Waals surface area (Å²) in [6, 6.07) is 8.42. The molecule has 1 fully saturated rings. The van der Waals surface area contributed by atoms with E-state index in [4.69, 9.17) is 0 Å². The molecule has 1 N–H and O–H groups in total. The lowest BCUT2D eigenvalue weighted by Gasteiger charge is -2.17. The third-order valence-electron chi connectivity index (χ3n) is 3.47. The highest BCUT2D eigenvalue weighted by atomic mass is 16.2. The van der Waals surface area contributed by atoms with Crippen molar-refractivity contribution >= 4 is 11.6 Å². The van der Waals surface area contributed by atoms with Crippen LogP contribution in [0.5, 0.6) is 0 Å². The van der Waals surface area contributed by atoms with Gasteiger partial charge in [0.1, 0.15) is 0 Å². The van der Waals surface area contributed by atoms with E-state index in [9.17, 15) is 4.79 Å². The van der Waals surface area contributed by atoms with E-state index in [-0.39, 0.29) is 5.91 Å². The van der Waals surface area contributed by atoms with Crippen LogP contribution in [0.3, 0.4) is 0 Å². The fourth-order valence-corrected chi connectivity index (χ4v) is 2.26. The lowest BCUT2D eigenvalue weighted by Crippen LogP contribution is -2.32. The van der Waals surface area contributed by atoms with Gasteiger partial charge in [-0.2, -0.15) is 0 Å². The molecule has 2 rings (SSSR count). The Hall–Kier alpha value is -1.77. The molecule has 0 aromatic heterocycles. The van der Waals surface area contributed by atoms with Gasteiger partial charge in [-0.25, -0.2) is 0 Å². The topological polar surface area (TPSA) is 32.3 Å². The number of benzene rings is 1. The molecule has 1 saturated heterocycles. The van der Waals surface area contributed by atoms with Crippen LogP contribution in [0.1, 0.15) is 38.2 Å². The molecule has 0 atom stereocenters. The molecule has 0 bridgehead atoms. The first-order valence-electron chi connectivity index (χ1n) is 7.06. The van der Waals surface area contributed by atoms with Gasteiger partial charge in [-0.3, -0.25) is 15.2 Å². The Bertz CT molecular complexity index is 434. The molecule has 3 heteroatoms. The molecule has 0 saturated carbocycles. The minimum absolute atomic E-state index is 0.0800. The van der Waals surface area contributed by atoms with Crippen molar-refractivity contribution in [1.29, 1.82) is 0 Å². The van der Waals surface area contributed by atoms with Crippen molar-refractivity contribution in [2.24, 2.45) is 0 Å². The lowest BCUT2D eigenvalue weighted by molar-refractivity contribution is -0.116. The average Bonchev–Trinajstić information content (AvgIpc) is 2.76. The summed E-state index contributed by atoms with van der Waals surface area (Å²) in [7, 11) is 0. The van der Waals surface area contributed by atoms with Crippen LogP contribution in [-0.2, 0) is 11.2 Å². The number of amides is 1. The molecule has 1 heterocycles. The molecule has 3 nitrogen and oxygen atoms in total. The molecular formula is C16H22N2O. The Labute approximate surface area is 115 Å². The van der Waals surface area contributed by atoms with Crippen molar-refractivity contribution in [3.8, 4) is 0 Å². The maximum Gasteiger partial charge on any atom is 0.267 e. The SMILES string of the molecule is C=C1CN(c2ccc(CCCCCC)cc2)NC1=O. The predicted octanol–water partition coefficient (Wildman–Crippen LogP) is 3.22. The summed E-state index contributed by atoms with van der Waals surface area (Å²) in [5.41, 5.74) is 5.79. The molecule has 0 radical (unpaired) electrons. The molecule has 1 aromatic carbocycles. The lowest BCUT2D eigenvalue weighted by atomic mass is 10.1. The number of nitrogens with zero attached hydrogens (tertiary/aromatic N) is 1. The zero-order valence-electron chi connectivity index (χ0n) is 11.6. The maximum absolute atomic E-state index is 11.4. The smallest absolute Gasteiger partial charge is 0.267 e. The van der Waals surface area contributed by atoms with E-state index in [1.165, 1.54) is 31.2 Å². The van der Waals surface area contributed by atoms with E-state index in [1.807, 2.05) is 5.01 Å². The Morgan fingerprint density at radius 1 is 1.21 bits per heavy atom. The summed E-state index contributed by atoms with van der Waals surface area (Å²) < 4.78 is 0. The van der Waals surface area contributed by atoms with Gasteiger partial charge in [0.15, 0.2) is 0 Å². The van der Waals surface area contributed by atoms with Gasteiger partial charge in [-0.15, -0.1) is 0 Å². The molecule has 1 amide bonds. The van der Waals surface area contributed by atoms with E-state index >= 15 is 0 Å². The van der Waals surface area contributed by atoms with Gasteiger partial charge < -0.3 is 0 Å². The van der Waals surface area contributed by atoms with E-state index in [1.54, 1.807) is 0 Å². The van der Waals surface area contributed by atoms with Crippen LogP contribution in [0, 0.1) is 0 Å². The number of carbonyl (C=O) groups is 1. The average molecular weight is 258 g/mol. The number of rotatable bonds is 6. The zero-order valence-corrected chi connectivity index (χ0v) is 11.6. The van der Waals surface area contributed by atoms with Crippen LogP contribution in [0.4, 0.5) is 5.69 Å². The second-order valence-electron chi connectivity index (χ2n) is 5.11. The maximum atomic E-state index is 11.4. The van der Waals surface area contributed by atoms with E-state index in [0.29, 0.717) is 12.1 Å². The Kier molecular flexibility index (Phi) is 4.61. The molecule has 19 heavy (non-hydrogen) atoms. The van der Waals surface area contributed by atoms with Crippen molar-refractivity contribution in [2.75, 3.05) is 11.6 Å².